The quantitative estimate of drug-likeness (QED) is 0.537. The SMILES string of the molecule is O=C(c1ccc(F)cc1)N1C(=S)C(c2ccc(Cl)c(Cl)c2)=NC12CCCCC2. The molecule has 1 fully saturated rings. The van der Waals surface area contributed by atoms with Gasteiger partial charge in [-0.2, -0.15) is 0 Å². The first-order valence-electron chi connectivity index (χ1n) is 9.11. The summed E-state index contributed by atoms with van der Waals surface area (Å²) in [6.45, 7) is 0. The summed E-state index contributed by atoms with van der Waals surface area (Å²) in [6, 6.07) is 10.7. The molecular weight excluding hydrogens is 418 g/mol. The number of hydrogen-bond donors (Lipinski definition) is 0. The van der Waals surface area contributed by atoms with Crippen LogP contribution < -0.4 is 0 Å². The molecule has 4 rings (SSSR count). The number of halogens is 3. The van der Waals surface area contributed by atoms with Crippen molar-refractivity contribution in [2.24, 2.45) is 4.99 Å². The van der Waals surface area contributed by atoms with Gasteiger partial charge in [0.05, 0.1) is 10.0 Å². The van der Waals surface area contributed by atoms with Crippen LogP contribution in [0.25, 0.3) is 0 Å². The van der Waals surface area contributed by atoms with E-state index in [1.807, 2.05) is 6.07 Å². The number of rotatable bonds is 2. The Morgan fingerprint density at radius 1 is 1.04 bits per heavy atom. The third kappa shape index (κ3) is 3.36. The lowest BCUT2D eigenvalue weighted by molar-refractivity contribution is 0.0648. The highest BCUT2D eigenvalue weighted by molar-refractivity contribution is 7.82. The maximum atomic E-state index is 13.3. The fraction of sp³-hybridized carbons (Fsp3) is 0.286. The molecular formula is C21H17Cl2FN2OS. The molecule has 0 bridgehead atoms. The van der Waals surface area contributed by atoms with Crippen LogP contribution in [0.2, 0.25) is 10.0 Å². The highest BCUT2D eigenvalue weighted by atomic mass is 35.5. The van der Waals surface area contributed by atoms with Crippen LogP contribution in [0.4, 0.5) is 4.39 Å². The van der Waals surface area contributed by atoms with Gasteiger partial charge >= 0.3 is 0 Å². The molecule has 0 saturated heterocycles. The van der Waals surface area contributed by atoms with Crippen molar-refractivity contribution in [3.05, 3.63) is 69.5 Å². The van der Waals surface area contributed by atoms with Crippen molar-refractivity contribution in [1.29, 1.82) is 0 Å². The molecule has 1 spiro atoms. The summed E-state index contributed by atoms with van der Waals surface area (Å²) >= 11 is 17.9. The number of benzene rings is 2. The van der Waals surface area contributed by atoms with Gasteiger partial charge < -0.3 is 0 Å². The van der Waals surface area contributed by atoms with E-state index in [0.717, 1.165) is 37.7 Å². The van der Waals surface area contributed by atoms with Gasteiger partial charge in [0.1, 0.15) is 22.2 Å². The fourth-order valence-electron chi connectivity index (χ4n) is 3.89. The van der Waals surface area contributed by atoms with Crippen molar-refractivity contribution in [1.82, 2.24) is 4.90 Å². The monoisotopic (exact) mass is 434 g/mol. The zero-order valence-electron chi connectivity index (χ0n) is 14.9. The lowest BCUT2D eigenvalue weighted by atomic mass is 9.88. The normalized spacial score (nSPS) is 18.5. The average molecular weight is 435 g/mol. The Kier molecular flexibility index (Phi) is 5.25. The van der Waals surface area contributed by atoms with E-state index in [0.29, 0.717) is 26.3 Å². The first-order valence-corrected chi connectivity index (χ1v) is 10.3. The van der Waals surface area contributed by atoms with Crippen molar-refractivity contribution in [3.63, 3.8) is 0 Å². The van der Waals surface area contributed by atoms with E-state index in [-0.39, 0.29) is 11.7 Å². The third-order valence-corrected chi connectivity index (χ3v) is 6.40. The molecule has 1 heterocycles. The summed E-state index contributed by atoms with van der Waals surface area (Å²) in [5, 5.41) is 0.854. The minimum absolute atomic E-state index is 0.259. The van der Waals surface area contributed by atoms with Gasteiger partial charge in [-0.05, 0) is 62.1 Å². The number of carbonyl (C=O) groups excluding carboxylic acids is 1. The van der Waals surface area contributed by atoms with Gasteiger partial charge in [0.2, 0.25) is 0 Å². The summed E-state index contributed by atoms with van der Waals surface area (Å²) in [5.74, 6) is -0.647. The molecule has 2 aliphatic rings. The predicted octanol–water partition coefficient (Wildman–Crippen LogP) is 6.07. The number of hydrogen-bond acceptors (Lipinski definition) is 3. The number of nitrogens with zero attached hydrogens (tertiary/aromatic N) is 2. The van der Waals surface area contributed by atoms with E-state index in [9.17, 15) is 9.18 Å². The molecule has 28 heavy (non-hydrogen) atoms. The molecule has 1 saturated carbocycles. The summed E-state index contributed by atoms with van der Waals surface area (Å²) in [7, 11) is 0. The standard InChI is InChI=1S/C21H17Cl2FN2OS/c22-16-9-6-14(12-17(16)23)18-20(28)26(21(25-18)10-2-1-3-11-21)19(27)13-4-7-15(24)8-5-13/h4-9,12H,1-3,10-11H2. The van der Waals surface area contributed by atoms with Crippen LogP contribution in [-0.4, -0.2) is 27.2 Å². The van der Waals surface area contributed by atoms with Crippen LogP contribution in [0.15, 0.2) is 47.5 Å². The summed E-state index contributed by atoms with van der Waals surface area (Å²) in [4.78, 5) is 20.3. The Bertz CT molecular complexity index is 984. The lowest BCUT2D eigenvalue weighted by Crippen LogP contribution is -2.50. The van der Waals surface area contributed by atoms with Crippen LogP contribution >= 0.6 is 35.4 Å². The van der Waals surface area contributed by atoms with Gasteiger partial charge in [-0.1, -0.05) is 47.9 Å². The van der Waals surface area contributed by atoms with E-state index in [1.54, 1.807) is 17.0 Å². The first kappa shape index (κ1) is 19.5. The minimum Gasteiger partial charge on any atom is -0.271 e. The Labute approximate surface area is 178 Å². The largest absolute Gasteiger partial charge is 0.271 e. The Balaban J connectivity index is 1.77. The van der Waals surface area contributed by atoms with Crippen molar-refractivity contribution in [2.75, 3.05) is 0 Å². The number of thiocarbonyl (C=S) groups is 1. The van der Waals surface area contributed by atoms with Crippen LogP contribution in [0.5, 0.6) is 0 Å². The zero-order chi connectivity index (χ0) is 19.9. The minimum atomic E-state index is -0.692. The van der Waals surface area contributed by atoms with E-state index >= 15 is 0 Å². The zero-order valence-corrected chi connectivity index (χ0v) is 17.3. The summed E-state index contributed by atoms with van der Waals surface area (Å²) in [5.41, 5.74) is 1.01. The molecule has 1 amide bonds. The van der Waals surface area contributed by atoms with Crippen molar-refractivity contribution >= 4 is 52.0 Å². The van der Waals surface area contributed by atoms with E-state index in [4.69, 9.17) is 40.4 Å². The first-order chi connectivity index (χ1) is 13.4. The molecule has 2 aromatic carbocycles. The molecule has 1 aliphatic heterocycles. The van der Waals surface area contributed by atoms with Crippen LogP contribution in [-0.2, 0) is 0 Å². The molecule has 2 aromatic rings. The molecule has 7 heteroatoms. The second-order valence-electron chi connectivity index (χ2n) is 7.09. The number of amides is 1. The maximum absolute atomic E-state index is 13.3. The van der Waals surface area contributed by atoms with Gasteiger partial charge in [0.15, 0.2) is 0 Å². The smallest absolute Gasteiger partial charge is 0.260 e. The molecule has 1 aliphatic carbocycles. The van der Waals surface area contributed by atoms with E-state index in [2.05, 4.69) is 0 Å². The van der Waals surface area contributed by atoms with Crippen LogP contribution in [0.3, 0.4) is 0 Å². The second-order valence-corrected chi connectivity index (χ2v) is 8.29. The summed E-state index contributed by atoms with van der Waals surface area (Å²) < 4.78 is 13.3. The Morgan fingerprint density at radius 3 is 2.36 bits per heavy atom. The van der Waals surface area contributed by atoms with Gasteiger partial charge in [0, 0.05) is 11.1 Å². The number of aliphatic imine (C=N–C) groups is 1. The average Bonchev–Trinajstić information content (AvgIpc) is 2.96. The highest BCUT2D eigenvalue weighted by Crippen LogP contribution is 2.41. The van der Waals surface area contributed by atoms with Crippen LogP contribution in [0, 0.1) is 5.82 Å². The predicted molar refractivity (Wildman–Crippen MR) is 114 cm³/mol. The highest BCUT2D eigenvalue weighted by Gasteiger charge is 2.49. The fourth-order valence-corrected chi connectivity index (χ4v) is 4.60. The molecule has 0 N–H and O–H groups in total. The third-order valence-electron chi connectivity index (χ3n) is 5.28. The molecule has 0 aromatic heterocycles. The molecule has 0 unspecified atom stereocenters. The van der Waals surface area contributed by atoms with Crippen molar-refractivity contribution < 1.29 is 9.18 Å². The second kappa shape index (κ2) is 7.54. The Morgan fingerprint density at radius 2 is 1.71 bits per heavy atom. The molecule has 0 atom stereocenters. The molecule has 144 valence electrons. The van der Waals surface area contributed by atoms with Gasteiger partial charge in [0.25, 0.3) is 5.91 Å². The van der Waals surface area contributed by atoms with E-state index in [1.165, 1.54) is 24.3 Å². The molecule has 0 radical (unpaired) electrons. The van der Waals surface area contributed by atoms with Gasteiger partial charge in [-0.15, -0.1) is 0 Å². The van der Waals surface area contributed by atoms with Gasteiger partial charge in [-0.3, -0.25) is 14.7 Å². The van der Waals surface area contributed by atoms with E-state index < -0.39 is 5.66 Å². The molecule has 3 nitrogen and oxygen atoms in total. The van der Waals surface area contributed by atoms with Crippen molar-refractivity contribution in [3.8, 4) is 0 Å². The van der Waals surface area contributed by atoms with Gasteiger partial charge in [-0.25, -0.2) is 4.39 Å². The topological polar surface area (TPSA) is 32.7 Å². The Hall–Kier alpha value is -1.82. The summed E-state index contributed by atoms with van der Waals surface area (Å²) in [6.07, 6.45) is 4.52. The lowest BCUT2D eigenvalue weighted by Gasteiger charge is -2.38. The maximum Gasteiger partial charge on any atom is 0.260 e. The van der Waals surface area contributed by atoms with Crippen LogP contribution in [0.1, 0.15) is 48.0 Å². The number of carbonyl (C=O) groups is 1. The van der Waals surface area contributed by atoms with Crippen molar-refractivity contribution in [2.45, 2.75) is 37.8 Å².